The molecule has 5 heteroatoms. The summed E-state index contributed by atoms with van der Waals surface area (Å²) in [5.41, 5.74) is 1.08. The monoisotopic (exact) mass is 333 g/mol. The Morgan fingerprint density at radius 3 is 2.47 bits per heavy atom. The molecule has 19 heavy (non-hydrogen) atoms. The molecule has 1 N–H and O–H groups in total. The summed E-state index contributed by atoms with van der Waals surface area (Å²) < 4.78 is 0. The van der Waals surface area contributed by atoms with E-state index >= 15 is 0 Å². The van der Waals surface area contributed by atoms with Gasteiger partial charge in [0.15, 0.2) is 0 Å². The number of thiophene rings is 1. The lowest BCUT2D eigenvalue weighted by molar-refractivity contribution is 0.606. The van der Waals surface area contributed by atoms with Crippen LogP contribution in [-0.4, -0.2) is 6.54 Å². The number of hydrogen-bond acceptors (Lipinski definition) is 2. The molecule has 2 rings (SSSR count). The van der Waals surface area contributed by atoms with Crippen LogP contribution < -0.4 is 5.32 Å². The van der Waals surface area contributed by atoms with Gasteiger partial charge in [-0.1, -0.05) is 47.8 Å². The Balaban J connectivity index is 2.37. The lowest BCUT2D eigenvalue weighted by Crippen LogP contribution is -2.22. The van der Waals surface area contributed by atoms with Crippen LogP contribution in [0.15, 0.2) is 29.6 Å². The van der Waals surface area contributed by atoms with Gasteiger partial charge >= 0.3 is 0 Å². The molecule has 0 fully saturated rings. The summed E-state index contributed by atoms with van der Waals surface area (Å²) in [4.78, 5) is 1.11. The molecule has 0 aliphatic heterocycles. The van der Waals surface area contributed by atoms with Gasteiger partial charge in [0, 0.05) is 4.88 Å². The van der Waals surface area contributed by atoms with E-state index < -0.39 is 0 Å². The summed E-state index contributed by atoms with van der Waals surface area (Å²) in [7, 11) is 0. The number of halogens is 3. The summed E-state index contributed by atoms with van der Waals surface area (Å²) in [6.07, 6.45) is 1.06. The Bertz CT molecular complexity index is 553. The number of nitrogens with one attached hydrogen (secondary N) is 1. The standard InChI is InChI=1S/C14H14Cl3NS/c1-2-6-18-13(14-11(16)5-7-19-14)9-3-4-10(15)12(17)8-9/h3-5,7-8,13,18H,2,6H2,1H3. The molecule has 1 aromatic carbocycles. The van der Waals surface area contributed by atoms with Gasteiger partial charge in [-0.2, -0.15) is 0 Å². The zero-order valence-corrected chi connectivity index (χ0v) is 13.5. The second-order valence-corrected chi connectivity index (χ2v) is 6.36. The highest BCUT2D eigenvalue weighted by Crippen LogP contribution is 2.35. The van der Waals surface area contributed by atoms with Crippen molar-refractivity contribution in [3.8, 4) is 0 Å². The molecule has 0 amide bonds. The second kappa shape index (κ2) is 6.96. The van der Waals surface area contributed by atoms with E-state index in [1.165, 1.54) is 0 Å². The maximum atomic E-state index is 6.25. The average Bonchev–Trinajstić information content (AvgIpc) is 2.80. The molecular weight excluding hydrogens is 321 g/mol. The van der Waals surface area contributed by atoms with Crippen LogP contribution in [0.3, 0.4) is 0 Å². The Hall–Kier alpha value is -0.250. The Kier molecular flexibility index (Phi) is 5.55. The first-order chi connectivity index (χ1) is 9.13. The van der Waals surface area contributed by atoms with Crippen molar-refractivity contribution in [2.45, 2.75) is 19.4 Å². The Morgan fingerprint density at radius 1 is 1.11 bits per heavy atom. The molecule has 1 aromatic heterocycles. The first-order valence-corrected chi connectivity index (χ1v) is 8.06. The van der Waals surface area contributed by atoms with Crippen molar-refractivity contribution >= 4 is 46.1 Å². The highest BCUT2D eigenvalue weighted by atomic mass is 35.5. The Labute approximate surface area is 132 Å². The summed E-state index contributed by atoms with van der Waals surface area (Å²) in [6, 6.07) is 7.67. The molecule has 1 nitrogen and oxygen atoms in total. The third-order valence-corrected chi connectivity index (χ3v) is 4.94. The van der Waals surface area contributed by atoms with Crippen LogP contribution in [0, 0.1) is 0 Å². The van der Waals surface area contributed by atoms with Crippen LogP contribution in [0.5, 0.6) is 0 Å². The van der Waals surface area contributed by atoms with Gasteiger partial charge in [0.1, 0.15) is 0 Å². The van der Waals surface area contributed by atoms with Crippen molar-refractivity contribution in [1.82, 2.24) is 5.32 Å². The lowest BCUT2D eigenvalue weighted by atomic mass is 10.1. The molecule has 2 aromatic rings. The topological polar surface area (TPSA) is 12.0 Å². The van der Waals surface area contributed by atoms with Gasteiger partial charge in [0.05, 0.1) is 21.1 Å². The average molecular weight is 335 g/mol. The third-order valence-electron chi connectivity index (χ3n) is 2.78. The van der Waals surface area contributed by atoms with Crippen molar-refractivity contribution < 1.29 is 0 Å². The van der Waals surface area contributed by atoms with E-state index in [2.05, 4.69) is 12.2 Å². The smallest absolute Gasteiger partial charge is 0.0686 e. The van der Waals surface area contributed by atoms with E-state index in [1.807, 2.05) is 29.6 Å². The highest BCUT2D eigenvalue weighted by molar-refractivity contribution is 7.10. The van der Waals surface area contributed by atoms with Crippen LogP contribution in [0.25, 0.3) is 0 Å². The molecule has 1 heterocycles. The van der Waals surface area contributed by atoms with Gasteiger partial charge in [0.25, 0.3) is 0 Å². The van der Waals surface area contributed by atoms with Gasteiger partial charge < -0.3 is 5.32 Å². The molecule has 102 valence electrons. The normalized spacial score (nSPS) is 12.6. The Morgan fingerprint density at radius 2 is 1.89 bits per heavy atom. The van der Waals surface area contributed by atoms with E-state index in [0.717, 1.165) is 28.4 Å². The number of hydrogen-bond donors (Lipinski definition) is 1. The maximum absolute atomic E-state index is 6.25. The molecule has 0 aliphatic rings. The molecule has 0 saturated heterocycles. The first kappa shape index (κ1) is 15.1. The van der Waals surface area contributed by atoms with Gasteiger partial charge in [-0.15, -0.1) is 11.3 Å². The predicted molar refractivity (Wildman–Crippen MR) is 85.9 cm³/mol. The summed E-state index contributed by atoms with van der Waals surface area (Å²) in [5, 5.41) is 7.41. The quantitative estimate of drug-likeness (QED) is 0.729. The minimum absolute atomic E-state index is 0.0576. The van der Waals surface area contributed by atoms with Crippen LogP contribution in [-0.2, 0) is 0 Å². The largest absolute Gasteiger partial charge is 0.306 e. The highest BCUT2D eigenvalue weighted by Gasteiger charge is 2.18. The molecular formula is C14H14Cl3NS. The summed E-state index contributed by atoms with van der Waals surface area (Å²) >= 11 is 20.0. The molecule has 0 saturated carbocycles. The molecule has 0 aliphatic carbocycles. The molecule has 0 radical (unpaired) electrons. The zero-order chi connectivity index (χ0) is 13.8. The third kappa shape index (κ3) is 3.65. The SMILES string of the molecule is CCCNC(c1ccc(Cl)c(Cl)c1)c1sccc1Cl. The fourth-order valence-corrected chi connectivity index (χ4v) is 3.43. The number of benzene rings is 1. The molecule has 1 unspecified atom stereocenters. The fraction of sp³-hybridized carbons (Fsp3) is 0.286. The van der Waals surface area contributed by atoms with E-state index in [-0.39, 0.29) is 6.04 Å². The molecule has 0 spiro atoms. The van der Waals surface area contributed by atoms with Crippen molar-refractivity contribution in [2.75, 3.05) is 6.54 Å². The fourth-order valence-electron chi connectivity index (χ4n) is 1.85. The van der Waals surface area contributed by atoms with Gasteiger partial charge in [-0.05, 0) is 42.1 Å². The number of rotatable bonds is 5. The van der Waals surface area contributed by atoms with Crippen LogP contribution >= 0.6 is 46.1 Å². The van der Waals surface area contributed by atoms with Crippen LogP contribution in [0.4, 0.5) is 0 Å². The minimum Gasteiger partial charge on any atom is -0.306 e. The lowest BCUT2D eigenvalue weighted by Gasteiger charge is -2.19. The maximum Gasteiger partial charge on any atom is 0.0686 e. The molecule has 0 bridgehead atoms. The summed E-state index contributed by atoms with van der Waals surface area (Å²) in [5.74, 6) is 0. The van der Waals surface area contributed by atoms with Crippen molar-refractivity contribution in [2.24, 2.45) is 0 Å². The summed E-state index contributed by atoms with van der Waals surface area (Å²) in [6.45, 7) is 3.05. The van der Waals surface area contributed by atoms with Crippen LogP contribution in [0.1, 0.15) is 29.8 Å². The van der Waals surface area contributed by atoms with Gasteiger partial charge in [-0.25, -0.2) is 0 Å². The first-order valence-electron chi connectivity index (χ1n) is 6.04. The minimum atomic E-state index is 0.0576. The zero-order valence-electron chi connectivity index (χ0n) is 10.4. The van der Waals surface area contributed by atoms with E-state index in [4.69, 9.17) is 34.8 Å². The second-order valence-electron chi connectivity index (χ2n) is 4.19. The van der Waals surface area contributed by atoms with E-state index in [0.29, 0.717) is 10.0 Å². The van der Waals surface area contributed by atoms with Gasteiger partial charge in [-0.3, -0.25) is 0 Å². The van der Waals surface area contributed by atoms with E-state index in [9.17, 15) is 0 Å². The van der Waals surface area contributed by atoms with Gasteiger partial charge in [0.2, 0.25) is 0 Å². The predicted octanol–water partition coefficient (Wildman–Crippen LogP) is 5.80. The van der Waals surface area contributed by atoms with Crippen molar-refractivity contribution in [3.63, 3.8) is 0 Å². The van der Waals surface area contributed by atoms with E-state index in [1.54, 1.807) is 11.3 Å². The van der Waals surface area contributed by atoms with Crippen molar-refractivity contribution in [1.29, 1.82) is 0 Å². The van der Waals surface area contributed by atoms with Crippen LogP contribution in [0.2, 0.25) is 15.1 Å². The molecule has 1 atom stereocenters. The van der Waals surface area contributed by atoms with Crippen molar-refractivity contribution in [3.05, 3.63) is 55.2 Å².